The van der Waals surface area contributed by atoms with Crippen molar-refractivity contribution in [3.8, 4) is 0 Å². The van der Waals surface area contributed by atoms with E-state index < -0.39 is 0 Å². The lowest BCUT2D eigenvalue weighted by Gasteiger charge is -2.17. The van der Waals surface area contributed by atoms with Crippen molar-refractivity contribution in [1.29, 1.82) is 0 Å². The van der Waals surface area contributed by atoms with Crippen molar-refractivity contribution in [2.75, 3.05) is 13.1 Å². The van der Waals surface area contributed by atoms with Gasteiger partial charge in [-0.2, -0.15) is 0 Å². The standard InChI is InChI=1S/C9H18NO/c1-4-7-8-9(11)10(5-2)6-3/h8H,4-7H2,1-3H3. The maximum Gasteiger partial charge on any atom is 0.226 e. The Labute approximate surface area is 69.6 Å². The molecule has 1 radical (unpaired) electrons. The molecule has 0 atom stereocenters. The molecule has 0 aliphatic rings. The van der Waals surface area contributed by atoms with E-state index in [-0.39, 0.29) is 5.91 Å². The van der Waals surface area contributed by atoms with Crippen LogP contribution in [0.2, 0.25) is 0 Å². The van der Waals surface area contributed by atoms with Crippen LogP contribution in [0.5, 0.6) is 0 Å². The largest absolute Gasteiger partial charge is 0.343 e. The molecule has 0 fully saturated rings. The van der Waals surface area contributed by atoms with Gasteiger partial charge in [0, 0.05) is 19.5 Å². The summed E-state index contributed by atoms with van der Waals surface area (Å²) >= 11 is 0. The van der Waals surface area contributed by atoms with Crippen LogP contribution in [0.3, 0.4) is 0 Å². The maximum absolute atomic E-state index is 11.2. The van der Waals surface area contributed by atoms with E-state index in [4.69, 9.17) is 0 Å². The molecule has 0 unspecified atom stereocenters. The van der Waals surface area contributed by atoms with Gasteiger partial charge in [0.15, 0.2) is 0 Å². The van der Waals surface area contributed by atoms with Crippen molar-refractivity contribution in [3.63, 3.8) is 0 Å². The average molecular weight is 156 g/mol. The molecule has 0 N–H and O–H groups in total. The Bertz CT molecular complexity index is 108. The van der Waals surface area contributed by atoms with Gasteiger partial charge >= 0.3 is 0 Å². The molecule has 0 aliphatic heterocycles. The summed E-state index contributed by atoms with van der Waals surface area (Å²) in [6, 6.07) is 0. The Kier molecular flexibility index (Phi) is 5.90. The third-order valence-corrected chi connectivity index (χ3v) is 1.68. The summed E-state index contributed by atoms with van der Waals surface area (Å²) in [6.45, 7) is 7.71. The minimum atomic E-state index is 0.178. The van der Waals surface area contributed by atoms with Crippen LogP contribution in [-0.4, -0.2) is 23.9 Å². The maximum atomic E-state index is 11.2. The minimum Gasteiger partial charge on any atom is -0.343 e. The van der Waals surface area contributed by atoms with E-state index in [9.17, 15) is 4.79 Å². The third kappa shape index (κ3) is 4.02. The number of amides is 1. The number of rotatable bonds is 5. The van der Waals surface area contributed by atoms with Crippen LogP contribution in [0.25, 0.3) is 0 Å². The van der Waals surface area contributed by atoms with E-state index in [2.05, 4.69) is 6.92 Å². The second-order valence-corrected chi connectivity index (χ2v) is 2.50. The molecule has 0 aromatic rings. The highest BCUT2D eigenvalue weighted by Gasteiger charge is 2.07. The fraction of sp³-hybridized carbons (Fsp3) is 0.778. The van der Waals surface area contributed by atoms with Crippen molar-refractivity contribution >= 4 is 5.91 Å². The van der Waals surface area contributed by atoms with Gasteiger partial charge in [0.1, 0.15) is 0 Å². The van der Waals surface area contributed by atoms with Gasteiger partial charge in [-0.15, -0.1) is 0 Å². The molecular weight excluding hydrogens is 138 g/mol. The van der Waals surface area contributed by atoms with Crippen molar-refractivity contribution in [2.24, 2.45) is 0 Å². The molecule has 65 valence electrons. The SMILES string of the molecule is CCC[CH]C(=O)N(CC)CC. The monoisotopic (exact) mass is 156 g/mol. The number of nitrogens with zero attached hydrogens (tertiary/aromatic N) is 1. The van der Waals surface area contributed by atoms with Gasteiger partial charge in [-0.25, -0.2) is 0 Å². The van der Waals surface area contributed by atoms with Crippen molar-refractivity contribution in [3.05, 3.63) is 6.42 Å². The molecule has 0 spiro atoms. The zero-order chi connectivity index (χ0) is 8.69. The van der Waals surface area contributed by atoms with Crippen LogP contribution >= 0.6 is 0 Å². The number of carbonyl (C=O) groups excluding carboxylic acids is 1. The lowest BCUT2D eigenvalue weighted by Crippen LogP contribution is -2.30. The first kappa shape index (κ1) is 10.5. The van der Waals surface area contributed by atoms with E-state index in [1.54, 1.807) is 6.42 Å². The van der Waals surface area contributed by atoms with Crippen LogP contribution < -0.4 is 0 Å². The lowest BCUT2D eigenvalue weighted by molar-refractivity contribution is -0.127. The smallest absolute Gasteiger partial charge is 0.226 e. The first-order valence-electron chi connectivity index (χ1n) is 4.38. The molecular formula is C9H18NO. The number of hydrogen-bond donors (Lipinski definition) is 0. The van der Waals surface area contributed by atoms with Crippen LogP contribution in [-0.2, 0) is 4.79 Å². The molecule has 0 bridgehead atoms. The molecule has 0 saturated carbocycles. The molecule has 0 heterocycles. The normalized spacial score (nSPS) is 9.73. The van der Waals surface area contributed by atoms with E-state index in [0.29, 0.717) is 0 Å². The Morgan fingerprint density at radius 1 is 1.27 bits per heavy atom. The van der Waals surface area contributed by atoms with Gasteiger partial charge in [-0.3, -0.25) is 4.79 Å². The molecule has 2 nitrogen and oxygen atoms in total. The summed E-state index contributed by atoms with van der Waals surface area (Å²) in [6.07, 6.45) is 3.72. The fourth-order valence-corrected chi connectivity index (χ4v) is 0.932. The van der Waals surface area contributed by atoms with Gasteiger partial charge in [0.2, 0.25) is 5.91 Å². The third-order valence-electron chi connectivity index (χ3n) is 1.68. The average Bonchev–Trinajstić information content (AvgIpc) is 2.03. The zero-order valence-electron chi connectivity index (χ0n) is 7.76. The first-order valence-corrected chi connectivity index (χ1v) is 4.38. The highest BCUT2D eigenvalue weighted by atomic mass is 16.2. The fourth-order valence-electron chi connectivity index (χ4n) is 0.932. The van der Waals surface area contributed by atoms with E-state index in [1.165, 1.54) is 0 Å². The zero-order valence-corrected chi connectivity index (χ0v) is 7.76. The van der Waals surface area contributed by atoms with Crippen LogP contribution in [0.1, 0.15) is 33.6 Å². The second kappa shape index (κ2) is 6.20. The molecule has 0 saturated heterocycles. The van der Waals surface area contributed by atoms with Gasteiger partial charge in [-0.1, -0.05) is 13.3 Å². The first-order chi connectivity index (χ1) is 5.26. The Balaban J connectivity index is 3.61. The highest BCUT2D eigenvalue weighted by molar-refractivity contribution is 5.84. The van der Waals surface area contributed by atoms with Crippen LogP contribution in [0.15, 0.2) is 0 Å². The molecule has 0 aliphatic carbocycles. The number of unbranched alkanes of at least 4 members (excludes halogenated alkanes) is 1. The predicted octanol–water partition coefficient (Wildman–Crippen LogP) is 1.86. The number of carbonyl (C=O) groups is 1. The van der Waals surface area contributed by atoms with E-state index >= 15 is 0 Å². The summed E-state index contributed by atoms with van der Waals surface area (Å²) in [5.74, 6) is 0.178. The van der Waals surface area contributed by atoms with Crippen LogP contribution in [0.4, 0.5) is 0 Å². The summed E-state index contributed by atoms with van der Waals surface area (Å²) in [5.41, 5.74) is 0. The van der Waals surface area contributed by atoms with Gasteiger partial charge in [-0.05, 0) is 20.3 Å². The Morgan fingerprint density at radius 3 is 2.18 bits per heavy atom. The summed E-state index contributed by atoms with van der Waals surface area (Å²) in [7, 11) is 0. The molecule has 0 rings (SSSR count). The minimum absolute atomic E-state index is 0.178. The molecule has 11 heavy (non-hydrogen) atoms. The van der Waals surface area contributed by atoms with Gasteiger partial charge < -0.3 is 4.90 Å². The molecule has 2 heteroatoms. The molecule has 0 aromatic carbocycles. The van der Waals surface area contributed by atoms with Gasteiger partial charge in [0.25, 0.3) is 0 Å². The van der Waals surface area contributed by atoms with Gasteiger partial charge in [0.05, 0.1) is 0 Å². The summed E-state index contributed by atoms with van der Waals surface area (Å²) < 4.78 is 0. The van der Waals surface area contributed by atoms with Crippen LogP contribution in [0, 0.1) is 6.42 Å². The highest BCUT2D eigenvalue weighted by Crippen LogP contribution is 1.98. The van der Waals surface area contributed by atoms with Crippen molar-refractivity contribution in [1.82, 2.24) is 4.90 Å². The Morgan fingerprint density at radius 2 is 1.82 bits per heavy atom. The summed E-state index contributed by atoms with van der Waals surface area (Å²) in [5, 5.41) is 0. The summed E-state index contributed by atoms with van der Waals surface area (Å²) in [4.78, 5) is 13.1. The number of hydrogen-bond acceptors (Lipinski definition) is 1. The quantitative estimate of drug-likeness (QED) is 0.595. The van der Waals surface area contributed by atoms with Crippen molar-refractivity contribution < 1.29 is 4.79 Å². The van der Waals surface area contributed by atoms with E-state index in [0.717, 1.165) is 25.9 Å². The Hall–Kier alpha value is -0.530. The van der Waals surface area contributed by atoms with E-state index in [1.807, 2.05) is 18.7 Å². The second-order valence-electron chi connectivity index (χ2n) is 2.50. The van der Waals surface area contributed by atoms with Crippen molar-refractivity contribution in [2.45, 2.75) is 33.6 Å². The predicted molar refractivity (Wildman–Crippen MR) is 47.1 cm³/mol. The molecule has 1 amide bonds. The molecule has 0 aromatic heterocycles. The lowest BCUT2D eigenvalue weighted by atomic mass is 10.2. The topological polar surface area (TPSA) is 20.3 Å².